The summed E-state index contributed by atoms with van der Waals surface area (Å²) < 4.78 is 23.3. The van der Waals surface area contributed by atoms with Gasteiger partial charge in [0, 0.05) is 32.2 Å². The highest BCUT2D eigenvalue weighted by molar-refractivity contribution is 6.23. The van der Waals surface area contributed by atoms with Crippen molar-refractivity contribution in [1.29, 1.82) is 0 Å². The van der Waals surface area contributed by atoms with Crippen molar-refractivity contribution in [1.82, 2.24) is 9.80 Å². The van der Waals surface area contributed by atoms with Crippen LogP contribution in [0.4, 0.5) is 10.5 Å². The summed E-state index contributed by atoms with van der Waals surface area (Å²) >= 11 is 0. The summed E-state index contributed by atoms with van der Waals surface area (Å²) in [5, 5.41) is 19.2. The molecule has 1 spiro atoms. The zero-order valence-electron chi connectivity index (χ0n) is 35.4. The maximum absolute atomic E-state index is 16.3. The van der Waals surface area contributed by atoms with E-state index in [2.05, 4.69) is 11.8 Å². The van der Waals surface area contributed by atoms with Crippen molar-refractivity contribution in [3.8, 4) is 17.6 Å². The zero-order valence-corrected chi connectivity index (χ0v) is 35.4. The smallest absolute Gasteiger partial charge is 0.421 e. The van der Waals surface area contributed by atoms with E-state index in [1.807, 2.05) is 77.7 Å². The van der Waals surface area contributed by atoms with Crippen molar-refractivity contribution >= 4 is 29.6 Å². The van der Waals surface area contributed by atoms with Crippen LogP contribution < -0.4 is 9.64 Å². The van der Waals surface area contributed by atoms with Gasteiger partial charge < -0.3 is 34.1 Å². The zero-order chi connectivity index (χ0) is 43.9. The number of imide groups is 1. The lowest BCUT2D eigenvalue weighted by Crippen LogP contribution is -2.56. The molecule has 13 heteroatoms. The van der Waals surface area contributed by atoms with Crippen LogP contribution in [0.15, 0.2) is 103 Å². The summed E-state index contributed by atoms with van der Waals surface area (Å²) in [6.07, 6.45) is 2.77. The number of fused-ring (bicyclic) bond motifs is 3. The van der Waals surface area contributed by atoms with Gasteiger partial charge in [-0.15, -0.1) is 0 Å². The van der Waals surface area contributed by atoms with Crippen molar-refractivity contribution < 1.29 is 48.3 Å². The van der Waals surface area contributed by atoms with E-state index < -0.39 is 53.5 Å². The third-order valence-electron chi connectivity index (χ3n) is 12.6. The van der Waals surface area contributed by atoms with Crippen LogP contribution in [0.5, 0.6) is 5.75 Å². The first-order valence-corrected chi connectivity index (χ1v) is 21.8. The van der Waals surface area contributed by atoms with Gasteiger partial charge in [0.05, 0.1) is 43.5 Å². The fraction of sp³-hybridized carbons (Fsp3) is 0.400. The van der Waals surface area contributed by atoms with Gasteiger partial charge in [-0.3, -0.25) is 19.3 Å². The van der Waals surface area contributed by atoms with Crippen molar-refractivity contribution in [2.75, 3.05) is 58.1 Å². The van der Waals surface area contributed by atoms with Gasteiger partial charge in [0.25, 0.3) is 0 Å². The Balaban J connectivity index is 1.45. The van der Waals surface area contributed by atoms with Crippen molar-refractivity contribution in [3.05, 3.63) is 131 Å². The number of esters is 1. The van der Waals surface area contributed by atoms with Crippen molar-refractivity contribution in [2.45, 2.75) is 68.2 Å². The van der Waals surface area contributed by atoms with E-state index in [-0.39, 0.29) is 51.0 Å². The van der Waals surface area contributed by atoms with Crippen LogP contribution in [-0.4, -0.2) is 103 Å². The van der Waals surface area contributed by atoms with Gasteiger partial charge in [-0.1, -0.05) is 104 Å². The highest BCUT2D eigenvalue weighted by atomic mass is 16.6. The molecule has 4 heterocycles. The molecular formula is C50H53N3O10. The summed E-state index contributed by atoms with van der Waals surface area (Å²) in [4.78, 5) is 66.9. The van der Waals surface area contributed by atoms with E-state index in [9.17, 15) is 15.0 Å². The minimum Gasteiger partial charge on any atom is -0.491 e. The Kier molecular flexibility index (Phi) is 13.5. The molecule has 3 amide bonds. The number of carbonyl (C=O) groups is 4. The number of hydrogen-bond donors (Lipinski definition) is 2. The van der Waals surface area contributed by atoms with Gasteiger partial charge in [-0.05, 0) is 65.4 Å². The van der Waals surface area contributed by atoms with Crippen LogP contribution in [0.2, 0.25) is 0 Å². The number of likely N-dealkylation sites (tertiary alicyclic amines) is 1. The van der Waals surface area contributed by atoms with Crippen LogP contribution in [0.25, 0.3) is 0 Å². The van der Waals surface area contributed by atoms with Gasteiger partial charge in [0.15, 0.2) is 0 Å². The SMILES string of the molecule is COCCOC(=O)N1C(=O)C2(c3cc(C#CCCO)ccc31)C(C(=O)N1CCCCCCC1)C1C(=O)OC(c3ccccc3)C(c3ccccc3)N1C2c1ccc(OCCO)cc1. The van der Waals surface area contributed by atoms with E-state index in [1.165, 1.54) is 7.11 Å². The largest absolute Gasteiger partial charge is 0.491 e. The quantitative estimate of drug-likeness (QED) is 0.103. The lowest BCUT2D eigenvalue weighted by atomic mass is 9.64. The minimum atomic E-state index is -1.94. The first kappa shape index (κ1) is 43.6. The molecule has 328 valence electrons. The number of ether oxygens (including phenoxy) is 4. The van der Waals surface area contributed by atoms with Crippen LogP contribution in [0.3, 0.4) is 0 Å². The molecule has 13 nitrogen and oxygen atoms in total. The number of aliphatic hydroxyl groups is 2. The summed E-state index contributed by atoms with van der Waals surface area (Å²) in [6, 6.07) is 28.1. The number of methoxy groups -OCH3 is 1. The van der Waals surface area contributed by atoms with E-state index in [4.69, 9.17) is 18.9 Å². The Labute approximate surface area is 367 Å². The number of carbonyl (C=O) groups excluding carboxylic acids is 4. The number of rotatable bonds is 11. The molecule has 6 unspecified atom stereocenters. The average molecular weight is 856 g/mol. The molecule has 4 aliphatic heterocycles. The van der Waals surface area contributed by atoms with E-state index in [0.29, 0.717) is 35.5 Å². The highest BCUT2D eigenvalue weighted by Crippen LogP contribution is 2.66. The fourth-order valence-electron chi connectivity index (χ4n) is 10.0. The van der Waals surface area contributed by atoms with E-state index in [1.54, 1.807) is 35.2 Å². The fourth-order valence-corrected chi connectivity index (χ4v) is 10.0. The Morgan fingerprint density at radius 2 is 1.46 bits per heavy atom. The normalized spacial score (nSPS) is 24.4. The Morgan fingerprint density at radius 1 is 0.778 bits per heavy atom. The van der Waals surface area contributed by atoms with Crippen molar-refractivity contribution in [3.63, 3.8) is 0 Å². The lowest BCUT2D eigenvalue weighted by molar-refractivity contribution is -0.179. The second-order valence-corrected chi connectivity index (χ2v) is 16.3. The van der Waals surface area contributed by atoms with Gasteiger partial charge in [0.2, 0.25) is 11.8 Å². The van der Waals surface area contributed by atoms with Gasteiger partial charge in [-0.25, -0.2) is 9.69 Å². The van der Waals surface area contributed by atoms with Crippen molar-refractivity contribution in [2.24, 2.45) is 5.92 Å². The Morgan fingerprint density at radius 3 is 2.13 bits per heavy atom. The molecule has 6 atom stereocenters. The van der Waals surface area contributed by atoms with E-state index >= 15 is 14.4 Å². The molecule has 0 bridgehead atoms. The minimum absolute atomic E-state index is 0.0557. The highest BCUT2D eigenvalue weighted by Gasteiger charge is 2.76. The maximum atomic E-state index is 16.3. The van der Waals surface area contributed by atoms with Crippen LogP contribution in [0.1, 0.15) is 84.5 Å². The molecule has 0 aliphatic carbocycles. The standard InChI is InChI=1S/C50H53N3O10/c1-60-31-32-62-49(59)52-40-25-20-34(15-11-14-28-54)33-39(40)50(48(52)58)41(46(56)51-26-12-3-2-4-13-27-51)43-47(57)63-44(36-18-9-6-10-19-36)42(35-16-7-5-8-17-35)53(43)45(50)37-21-23-38(24-22-37)61-30-29-55/h5-10,16-25,33,41-45,54-55H,2-4,12-14,26-32H2,1H3. The molecule has 0 saturated carbocycles. The average Bonchev–Trinajstić information content (AvgIpc) is 3.75. The molecule has 3 fully saturated rings. The molecule has 4 aromatic rings. The van der Waals surface area contributed by atoms with Gasteiger partial charge >= 0.3 is 12.1 Å². The predicted molar refractivity (Wildman–Crippen MR) is 232 cm³/mol. The third-order valence-corrected chi connectivity index (χ3v) is 12.6. The number of benzene rings is 4. The number of hydrogen-bond acceptors (Lipinski definition) is 11. The Bertz CT molecular complexity index is 2320. The Hall–Kier alpha value is -6.04. The molecule has 63 heavy (non-hydrogen) atoms. The van der Waals surface area contributed by atoms with Gasteiger partial charge in [-0.2, -0.15) is 0 Å². The third kappa shape index (κ3) is 8.20. The monoisotopic (exact) mass is 855 g/mol. The van der Waals surface area contributed by atoms with Crippen LogP contribution >= 0.6 is 0 Å². The first-order valence-electron chi connectivity index (χ1n) is 21.8. The number of aliphatic hydroxyl groups excluding tert-OH is 2. The second-order valence-electron chi connectivity index (χ2n) is 16.3. The number of morpholine rings is 1. The summed E-state index contributed by atoms with van der Waals surface area (Å²) in [5.41, 5.74) is 1.18. The number of cyclic esters (lactones) is 1. The second kappa shape index (κ2) is 19.6. The number of amides is 3. The first-order chi connectivity index (χ1) is 30.8. The molecule has 4 aromatic carbocycles. The number of nitrogens with zero attached hydrogens (tertiary/aromatic N) is 3. The molecule has 0 radical (unpaired) electrons. The summed E-state index contributed by atoms with van der Waals surface area (Å²) in [7, 11) is 1.48. The molecule has 3 saturated heterocycles. The topological polar surface area (TPSA) is 155 Å². The van der Waals surface area contributed by atoms with Crippen LogP contribution in [0, 0.1) is 17.8 Å². The van der Waals surface area contributed by atoms with E-state index in [0.717, 1.165) is 48.1 Å². The summed E-state index contributed by atoms with van der Waals surface area (Å²) in [6.45, 7) is 0.499. The lowest BCUT2D eigenvalue weighted by Gasteiger charge is -2.46. The van der Waals surface area contributed by atoms with Gasteiger partial charge in [0.1, 0.15) is 36.5 Å². The molecule has 2 N–H and O–H groups in total. The predicted octanol–water partition coefficient (Wildman–Crippen LogP) is 6.03. The summed E-state index contributed by atoms with van der Waals surface area (Å²) in [5.74, 6) is 3.39. The maximum Gasteiger partial charge on any atom is 0.421 e. The van der Waals surface area contributed by atoms with Crippen LogP contribution in [-0.2, 0) is 34.0 Å². The molecule has 8 rings (SSSR count). The molecule has 0 aromatic heterocycles. The number of anilines is 1. The molecule has 4 aliphatic rings. The molecular weight excluding hydrogens is 803 g/mol.